The molecule has 1 heterocycles. The summed E-state index contributed by atoms with van der Waals surface area (Å²) in [7, 11) is 1.67. The maximum absolute atomic E-state index is 11.0. The van der Waals surface area contributed by atoms with Crippen LogP contribution in [-0.2, 0) is 13.0 Å². The predicted molar refractivity (Wildman–Crippen MR) is 84.2 cm³/mol. The van der Waals surface area contributed by atoms with Crippen LogP contribution in [0.2, 0.25) is 0 Å². The van der Waals surface area contributed by atoms with Crippen LogP contribution in [0.3, 0.4) is 0 Å². The Bertz CT molecular complexity index is 651. The van der Waals surface area contributed by atoms with Gasteiger partial charge in [-0.3, -0.25) is 4.79 Å². The minimum absolute atomic E-state index is 0.691. The monoisotopic (exact) mass is 281 g/mol. The van der Waals surface area contributed by atoms with Crippen molar-refractivity contribution >= 4 is 12.0 Å². The second-order valence-electron chi connectivity index (χ2n) is 5.34. The molecule has 2 aromatic carbocycles. The van der Waals surface area contributed by atoms with Crippen LogP contribution >= 0.6 is 0 Å². The first-order chi connectivity index (χ1) is 10.3. The zero-order valence-electron chi connectivity index (χ0n) is 12.2. The fourth-order valence-electron chi connectivity index (χ4n) is 2.98. The summed E-state index contributed by atoms with van der Waals surface area (Å²) >= 11 is 0. The quantitative estimate of drug-likeness (QED) is 0.804. The summed E-state index contributed by atoms with van der Waals surface area (Å²) in [5.41, 5.74) is 4.44. The van der Waals surface area contributed by atoms with Crippen molar-refractivity contribution in [3.63, 3.8) is 0 Å². The normalized spacial score (nSPS) is 13.7. The Morgan fingerprint density at radius 2 is 2.10 bits per heavy atom. The van der Waals surface area contributed by atoms with Gasteiger partial charge in [0.05, 0.1) is 7.11 Å². The van der Waals surface area contributed by atoms with Crippen LogP contribution in [-0.4, -0.2) is 19.9 Å². The molecule has 0 spiro atoms. The number of aryl methyl sites for hydroxylation is 1. The van der Waals surface area contributed by atoms with Crippen LogP contribution in [0.15, 0.2) is 42.5 Å². The fourth-order valence-corrected chi connectivity index (χ4v) is 2.98. The number of fused-ring (bicyclic) bond motifs is 1. The van der Waals surface area contributed by atoms with Crippen molar-refractivity contribution in [3.8, 4) is 5.75 Å². The Morgan fingerprint density at radius 3 is 2.90 bits per heavy atom. The Labute approximate surface area is 125 Å². The summed E-state index contributed by atoms with van der Waals surface area (Å²) in [6, 6.07) is 14.1. The van der Waals surface area contributed by atoms with Gasteiger partial charge in [-0.15, -0.1) is 0 Å². The van der Waals surface area contributed by atoms with E-state index >= 15 is 0 Å². The molecule has 0 unspecified atom stereocenters. The van der Waals surface area contributed by atoms with E-state index in [0.717, 1.165) is 43.5 Å². The predicted octanol–water partition coefficient (Wildman–Crippen LogP) is 3.46. The number of benzene rings is 2. The number of nitrogens with zero attached hydrogens (tertiary/aromatic N) is 1. The summed E-state index contributed by atoms with van der Waals surface area (Å²) in [5, 5.41) is 0. The first-order valence-electron chi connectivity index (χ1n) is 7.27. The number of carbonyl (C=O) groups excluding carboxylic acids is 1. The number of ether oxygens (including phenoxy) is 1. The first-order valence-corrected chi connectivity index (χ1v) is 7.27. The van der Waals surface area contributed by atoms with Gasteiger partial charge in [0, 0.05) is 29.9 Å². The minimum atomic E-state index is 0.691. The lowest BCUT2D eigenvalue weighted by atomic mass is 10.0. The molecular formula is C18H19NO2. The molecule has 2 aromatic rings. The largest absolute Gasteiger partial charge is 0.496 e. The number of hydrogen-bond acceptors (Lipinski definition) is 3. The molecule has 0 fully saturated rings. The molecule has 1 aliphatic heterocycles. The van der Waals surface area contributed by atoms with E-state index in [9.17, 15) is 4.79 Å². The van der Waals surface area contributed by atoms with E-state index in [4.69, 9.17) is 4.74 Å². The van der Waals surface area contributed by atoms with Crippen molar-refractivity contribution < 1.29 is 9.53 Å². The van der Waals surface area contributed by atoms with Gasteiger partial charge < -0.3 is 9.64 Å². The third kappa shape index (κ3) is 2.77. The number of rotatable bonds is 4. The highest BCUT2D eigenvalue weighted by Gasteiger charge is 2.17. The Kier molecular flexibility index (Phi) is 3.91. The summed E-state index contributed by atoms with van der Waals surface area (Å²) in [6.07, 6.45) is 3.18. The van der Waals surface area contributed by atoms with Gasteiger partial charge >= 0.3 is 0 Å². The molecule has 0 N–H and O–H groups in total. The maximum Gasteiger partial charge on any atom is 0.150 e. The lowest BCUT2D eigenvalue weighted by Gasteiger charge is -2.31. The van der Waals surface area contributed by atoms with Crippen molar-refractivity contribution in [2.45, 2.75) is 19.4 Å². The molecule has 0 saturated heterocycles. The molecule has 108 valence electrons. The molecule has 0 saturated carbocycles. The SMILES string of the molecule is COc1ccc(C=O)cc1CN1CCCc2ccccc21. The number of anilines is 1. The summed E-state index contributed by atoms with van der Waals surface area (Å²) in [4.78, 5) is 13.4. The van der Waals surface area contributed by atoms with E-state index in [2.05, 4.69) is 29.2 Å². The van der Waals surface area contributed by atoms with E-state index in [1.54, 1.807) is 13.2 Å². The summed E-state index contributed by atoms with van der Waals surface area (Å²) in [6.45, 7) is 1.80. The van der Waals surface area contributed by atoms with Crippen molar-refractivity contribution in [3.05, 3.63) is 59.2 Å². The smallest absolute Gasteiger partial charge is 0.150 e. The lowest BCUT2D eigenvalue weighted by molar-refractivity contribution is 0.112. The van der Waals surface area contributed by atoms with Crippen molar-refractivity contribution in [2.75, 3.05) is 18.6 Å². The molecule has 1 aliphatic rings. The van der Waals surface area contributed by atoms with E-state index in [0.29, 0.717) is 5.56 Å². The van der Waals surface area contributed by atoms with Gasteiger partial charge in [0.1, 0.15) is 12.0 Å². The molecule has 3 nitrogen and oxygen atoms in total. The highest BCUT2D eigenvalue weighted by Crippen LogP contribution is 2.30. The second kappa shape index (κ2) is 6.00. The fraction of sp³-hybridized carbons (Fsp3) is 0.278. The zero-order chi connectivity index (χ0) is 14.7. The van der Waals surface area contributed by atoms with Crippen molar-refractivity contribution in [1.82, 2.24) is 0 Å². The second-order valence-corrected chi connectivity index (χ2v) is 5.34. The first kappa shape index (κ1) is 13.7. The number of hydrogen-bond donors (Lipinski definition) is 0. The average molecular weight is 281 g/mol. The Balaban J connectivity index is 1.92. The molecule has 0 bridgehead atoms. The van der Waals surface area contributed by atoms with Crippen LogP contribution in [0, 0.1) is 0 Å². The van der Waals surface area contributed by atoms with Gasteiger partial charge in [-0.1, -0.05) is 18.2 Å². The Morgan fingerprint density at radius 1 is 1.24 bits per heavy atom. The molecule has 3 rings (SSSR count). The summed E-state index contributed by atoms with van der Waals surface area (Å²) < 4.78 is 5.43. The third-order valence-electron chi connectivity index (χ3n) is 4.01. The Hall–Kier alpha value is -2.29. The number of aldehydes is 1. The number of methoxy groups -OCH3 is 1. The lowest BCUT2D eigenvalue weighted by Crippen LogP contribution is -2.28. The topological polar surface area (TPSA) is 29.5 Å². The van der Waals surface area contributed by atoms with Gasteiger partial charge in [-0.2, -0.15) is 0 Å². The molecule has 0 aromatic heterocycles. The van der Waals surface area contributed by atoms with Crippen LogP contribution < -0.4 is 9.64 Å². The van der Waals surface area contributed by atoms with Gasteiger partial charge in [-0.05, 0) is 42.7 Å². The van der Waals surface area contributed by atoms with E-state index in [1.165, 1.54) is 11.3 Å². The standard InChI is InChI=1S/C18H19NO2/c1-21-18-9-8-14(13-20)11-16(18)12-19-10-4-6-15-5-2-3-7-17(15)19/h2-3,5,7-9,11,13H,4,6,10,12H2,1H3. The number of para-hydroxylation sites is 1. The third-order valence-corrected chi connectivity index (χ3v) is 4.01. The molecule has 0 amide bonds. The minimum Gasteiger partial charge on any atom is -0.496 e. The van der Waals surface area contributed by atoms with Crippen molar-refractivity contribution in [1.29, 1.82) is 0 Å². The molecular weight excluding hydrogens is 262 g/mol. The molecule has 21 heavy (non-hydrogen) atoms. The van der Waals surface area contributed by atoms with Crippen LogP contribution in [0.1, 0.15) is 27.9 Å². The van der Waals surface area contributed by atoms with Gasteiger partial charge in [0.2, 0.25) is 0 Å². The highest BCUT2D eigenvalue weighted by atomic mass is 16.5. The van der Waals surface area contributed by atoms with E-state index in [1.807, 2.05) is 12.1 Å². The molecule has 3 heteroatoms. The van der Waals surface area contributed by atoms with Crippen LogP contribution in [0.5, 0.6) is 5.75 Å². The molecule has 0 aliphatic carbocycles. The molecule has 0 radical (unpaired) electrons. The van der Waals surface area contributed by atoms with Gasteiger partial charge in [0.15, 0.2) is 0 Å². The van der Waals surface area contributed by atoms with Crippen LogP contribution in [0.4, 0.5) is 5.69 Å². The summed E-state index contributed by atoms with van der Waals surface area (Å²) in [5.74, 6) is 0.837. The van der Waals surface area contributed by atoms with Gasteiger partial charge in [-0.25, -0.2) is 0 Å². The number of carbonyl (C=O) groups is 1. The highest BCUT2D eigenvalue weighted by molar-refractivity contribution is 5.75. The van der Waals surface area contributed by atoms with E-state index in [-0.39, 0.29) is 0 Å². The van der Waals surface area contributed by atoms with Crippen molar-refractivity contribution in [2.24, 2.45) is 0 Å². The zero-order valence-corrected chi connectivity index (χ0v) is 12.2. The van der Waals surface area contributed by atoms with E-state index < -0.39 is 0 Å². The van der Waals surface area contributed by atoms with Gasteiger partial charge in [0.25, 0.3) is 0 Å². The average Bonchev–Trinajstić information content (AvgIpc) is 2.55. The molecule has 0 atom stereocenters. The van der Waals surface area contributed by atoms with Crippen LogP contribution in [0.25, 0.3) is 0 Å². The maximum atomic E-state index is 11.0.